The Hall–Kier alpha value is -16.2. The average Bonchev–Trinajstić information content (AvgIpc) is 1.57. The van der Waals surface area contributed by atoms with Gasteiger partial charge in [-0.25, -0.2) is 0 Å². The summed E-state index contributed by atoms with van der Waals surface area (Å²) < 4.78 is 43.4. The lowest BCUT2D eigenvalue weighted by molar-refractivity contribution is -0.659. The number of fused-ring (bicyclic) bond motifs is 27. The molecule has 0 N–H and O–H groups in total. The molecule has 0 aliphatic carbocycles. The number of hydrogen-bond acceptors (Lipinski definition) is 6. The molecule has 660 valence electrons. The summed E-state index contributed by atoms with van der Waals surface area (Å²) in [6, 6.07) is 117. The molecule has 137 heavy (non-hydrogen) atoms. The smallest absolute Gasteiger partial charge is 0.249 e. The minimum atomic E-state index is 0.880. The van der Waals surface area contributed by atoms with Crippen LogP contribution in [-0.2, 0) is 49.3 Å². The highest BCUT2D eigenvalue weighted by Crippen LogP contribution is 2.46. The Morgan fingerprint density at radius 2 is 0.664 bits per heavy atom. The molecule has 15 aromatic carbocycles. The predicted octanol–water partition coefficient (Wildman–Crippen LogP) is 30.7. The van der Waals surface area contributed by atoms with Crippen LogP contribution >= 0.6 is 22.7 Å². The number of pyridine rings is 5. The van der Waals surface area contributed by atoms with E-state index in [-0.39, 0.29) is 0 Å². The fourth-order valence-electron chi connectivity index (χ4n) is 21.5. The molecule has 0 radical (unpaired) electrons. The summed E-state index contributed by atoms with van der Waals surface area (Å²) in [6.45, 7) is 13.1. The Morgan fingerprint density at radius 1 is 0.255 bits per heavy atom. The normalized spacial score (nSPS) is 11.8. The Balaban J connectivity index is 0.0000000935. The van der Waals surface area contributed by atoms with Crippen molar-refractivity contribution in [3.05, 3.63) is 391 Å². The van der Waals surface area contributed by atoms with Crippen LogP contribution in [0, 0.1) is 41.5 Å². The Morgan fingerprint density at radius 3 is 1.23 bits per heavy atom. The first kappa shape index (κ1) is 83.9. The van der Waals surface area contributed by atoms with Crippen molar-refractivity contribution >= 4 is 217 Å². The van der Waals surface area contributed by atoms with Gasteiger partial charge in [0.2, 0.25) is 52.8 Å². The van der Waals surface area contributed by atoms with E-state index in [1.54, 1.807) is 0 Å². The van der Waals surface area contributed by atoms with E-state index in [2.05, 4.69) is 450 Å². The van der Waals surface area contributed by atoms with Gasteiger partial charge in [0, 0.05) is 150 Å². The van der Waals surface area contributed by atoms with Crippen molar-refractivity contribution in [3.8, 4) is 55.8 Å². The minimum absolute atomic E-state index is 0.880. The highest BCUT2D eigenvalue weighted by atomic mass is 32.1. The average molecular weight is 1810 g/mol. The fraction of sp³-hybridized carbons (Fsp3) is 0.105. The number of hydrogen-bond donors (Lipinski definition) is 0. The van der Waals surface area contributed by atoms with E-state index >= 15 is 0 Å². The van der Waals surface area contributed by atoms with Crippen LogP contribution in [0.4, 0.5) is 0 Å². The van der Waals surface area contributed by atoms with E-state index in [1.807, 2.05) is 54.1 Å². The molecule has 0 aliphatic heterocycles. The van der Waals surface area contributed by atoms with Crippen molar-refractivity contribution in [1.29, 1.82) is 0 Å². The number of aromatic nitrogens is 7. The third-order valence-corrected chi connectivity index (χ3v) is 30.8. The molecule has 13 heterocycles. The third kappa shape index (κ3) is 13.9. The first-order valence-corrected chi connectivity index (χ1v) is 48.3. The number of para-hydroxylation sites is 1. The molecule has 13 aromatic heterocycles. The van der Waals surface area contributed by atoms with Gasteiger partial charge in [-0.15, -0.1) is 22.7 Å². The SMILES string of the molecule is Cc1c(-c2cc3c(c[n+]2C)oc2c4ccccc4ccc32)sc2ccccc12.Cc1c(-c2cc3c(c[n+]2C)oc2cc4ccccc4cc23)oc2ccccc12.Cc1ccc2c(ccc3c4cc[n+](C)c(-c5ccccc5C)c4n(C)c23)c1.Cc1ccccc1-c1c2c(cc[n+]1C)c1ccc3ccccc3c1n2C.Cc1sc2ccccc2c1-c1cc2c(c[n+]1C)oc1c3ccccc3ccc21. The predicted molar refractivity (Wildman–Crippen MR) is 572 cm³/mol. The largest absolute Gasteiger partial charge is 0.450 e. The van der Waals surface area contributed by atoms with E-state index in [9.17, 15) is 0 Å². The maximum absolute atomic E-state index is 6.32. The lowest BCUT2D eigenvalue weighted by Gasteiger charge is -2.08. The van der Waals surface area contributed by atoms with Gasteiger partial charge < -0.3 is 26.8 Å². The van der Waals surface area contributed by atoms with Crippen molar-refractivity contribution in [2.24, 2.45) is 49.3 Å². The quantitative estimate of drug-likeness (QED) is 0.161. The van der Waals surface area contributed by atoms with Gasteiger partial charge in [0.15, 0.2) is 29.1 Å². The molecule has 0 bridgehead atoms. The summed E-state index contributed by atoms with van der Waals surface area (Å²) in [5.41, 5.74) is 28.0. The van der Waals surface area contributed by atoms with E-state index < -0.39 is 0 Å². The summed E-state index contributed by atoms with van der Waals surface area (Å²) in [5, 5.41) is 28.3. The molecule has 28 aromatic rings. The number of aryl methyl sites for hydroxylation is 13. The van der Waals surface area contributed by atoms with Crippen LogP contribution in [0.5, 0.6) is 0 Å². The molecule has 0 amide bonds. The molecule has 0 fully saturated rings. The van der Waals surface area contributed by atoms with Crippen LogP contribution < -0.4 is 22.8 Å². The van der Waals surface area contributed by atoms with Crippen molar-refractivity contribution in [2.45, 2.75) is 41.5 Å². The molecule has 0 saturated carbocycles. The van der Waals surface area contributed by atoms with Crippen LogP contribution in [0.3, 0.4) is 0 Å². The van der Waals surface area contributed by atoms with E-state index in [4.69, 9.17) is 17.7 Å². The number of benzene rings is 15. The van der Waals surface area contributed by atoms with Crippen molar-refractivity contribution in [2.75, 3.05) is 0 Å². The number of nitrogens with zero attached hydrogens (tertiary/aromatic N) is 7. The lowest BCUT2D eigenvalue weighted by atomic mass is 10.0. The molecule has 11 nitrogen and oxygen atoms in total. The van der Waals surface area contributed by atoms with Crippen molar-refractivity contribution in [3.63, 3.8) is 0 Å². The van der Waals surface area contributed by atoms with Crippen LogP contribution in [0.2, 0.25) is 0 Å². The standard InChI is InChI=1S/C25H23N2.C25H18NO2.2C25H18NOS.C24H21N2/c1-16-9-11-20-18(15-16)10-12-21-22-13-14-26(3)24(25(22)27(4)23(20)21)19-8-6-5-7-17(19)2;1-15-18-9-5-6-10-22(18)28-25(15)21-13-20-19-11-16-7-3-4-8-17(16)12-23(19)27-24(20)14-26(21)2;1-15-17-8-5-6-10-23(17)28-25(15)21-13-20-19-12-11-16-7-3-4-9-18(16)24(19)27-22(20)14-26(21)2;1-15-24(19-9-5-6-10-23(19)28-15)21-13-20-18-12-11-16-7-3-4-8-17(16)25(18)27-22(20)14-26(21)2;1-16-8-4-6-10-18(16)23-24-21(14-15-25(23)2)20-13-12-17-9-5-7-11-19(17)22(20)26(24)3/h5-15H,1-4H3;3*3-14H,1-2H3;4-15H,1-3H3/q5*+1. The van der Waals surface area contributed by atoms with Gasteiger partial charge in [0.25, 0.3) is 0 Å². The first-order chi connectivity index (χ1) is 66.8. The van der Waals surface area contributed by atoms with Crippen LogP contribution in [0.1, 0.15) is 32.7 Å². The monoisotopic (exact) mass is 1810 g/mol. The molecule has 0 spiro atoms. The van der Waals surface area contributed by atoms with Gasteiger partial charge in [-0.3, -0.25) is 0 Å². The van der Waals surface area contributed by atoms with Gasteiger partial charge in [0.05, 0.1) is 27.7 Å². The Kier molecular flexibility index (Phi) is 20.3. The van der Waals surface area contributed by atoms with E-state index in [1.165, 1.54) is 205 Å². The summed E-state index contributed by atoms with van der Waals surface area (Å²) in [4.78, 5) is 2.66. The topological polar surface area (TPSA) is 81.8 Å². The number of furan rings is 4. The van der Waals surface area contributed by atoms with Gasteiger partial charge in [0.1, 0.15) is 73.5 Å². The Bertz CT molecular complexity index is 9790. The summed E-state index contributed by atoms with van der Waals surface area (Å²) in [7, 11) is 14.9. The van der Waals surface area contributed by atoms with Crippen LogP contribution in [-0.4, -0.2) is 9.13 Å². The molecule has 0 unspecified atom stereocenters. The zero-order chi connectivity index (χ0) is 93.0. The second-order valence-corrected chi connectivity index (χ2v) is 39.1. The zero-order valence-electron chi connectivity index (χ0n) is 78.6. The summed E-state index contributed by atoms with van der Waals surface area (Å²) in [6.07, 6.45) is 10.6. The maximum atomic E-state index is 6.32. The zero-order valence-corrected chi connectivity index (χ0v) is 80.3. The molecule has 13 heteroatoms. The van der Waals surface area contributed by atoms with Crippen molar-refractivity contribution in [1.82, 2.24) is 9.13 Å². The molecule has 0 aliphatic rings. The van der Waals surface area contributed by atoms with Gasteiger partial charge >= 0.3 is 0 Å². The lowest BCUT2D eigenvalue weighted by Crippen LogP contribution is -2.31. The summed E-state index contributed by atoms with van der Waals surface area (Å²) in [5.74, 6) is 0.903. The molecule has 0 atom stereocenters. The molecule has 0 saturated heterocycles. The van der Waals surface area contributed by atoms with E-state index in [0.717, 1.165) is 77.6 Å². The second kappa shape index (κ2) is 33.2. The number of rotatable bonds is 5. The molecular weight excluding hydrogens is 1720 g/mol. The minimum Gasteiger partial charge on any atom is -0.450 e. The highest BCUT2D eigenvalue weighted by molar-refractivity contribution is 7.22. The van der Waals surface area contributed by atoms with E-state index in [0.29, 0.717) is 0 Å². The Labute approximate surface area is 798 Å². The molecule has 28 rings (SSSR count). The molecular formula is C124H98N7O4S2+5. The fourth-order valence-corrected chi connectivity index (χ4v) is 23.9. The first-order valence-electron chi connectivity index (χ1n) is 46.7. The van der Waals surface area contributed by atoms with Crippen molar-refractivity contribution < 1.29 is 40.5 Å². The van der Waals surface area contributed by atoms with Gasteiger partial charge in [-0.2, -0.15) is 22.8 Å². The van der Waals surface area contributed by atoms with Gasteiger partial charge in [-0.05, 0) is 151 Å². The number of thiophene rings is 2. The summed E-state index contributed by atoms with van der Waals surface area (Å²) >= 11 is 3.72. The van der Waals surface area contributed by atoms with Crippen LogP contribution in [0.15, 0.2) is 376 Å². The highest BCUT2D eigenvalue weighted by Gasteiger charge is 2.30. The van der Waals surface area contributed by atoms with Gasteiger partial charge in [-0.1, -0.05) is 248 Å². The van der Waals surface area contributed by atoms with Crippen LogP contribution in [0.25, 0.3) is 250 Å². The second-order valence-electron chi connectivity index (χ2n) is 36.8. The third-order valence-electron chi connectivity index (χ3n) is 28.4. The maximum Gasteiger partial charge on any atom is 0.249 e.